The fourth-order valence-corrected chi connectivity index (χ4v) is 2.91. The Kier molecular flexibility index (Phi) is 3.73. The first-order chi connectivity index (χ1) is 10.9. The lowest BCUT2D eigenvalue weighted by Gasteiger charge is -2.06. The monoisotopic (exact) mass is 335 g/mol. The van der Waals surface area contributed by atoms with Crippen molar-refractivity contribution in [3.8, 4) is 0 Å². The molecule has 0 radical (unpaired) electrons. The first-order valence-electron chi connectivity index (χ1n) is 6.48. The first kappa shape index (κ1) is 15.4. The number of Topliss-reactive ketones (excluding diaryl/α,β-unsaturated/α-hetero) is 2. The van der Waals surface area contributed by atoms with Crippen LogP contribution in [-0.4, -0.2) is 16.6 Å². The van der Waals surface area contributed by atoms with E-state index in [-0.39, 0.29) is 10.6 Å². The summed E-state index contributed by atoms with van der Waals surface area (Å²) in [6.45, 7) is 0. The molecule has 23 heavy (non-hydrogen) atoms. The van der Waals surface area contributed by atoms with Gasteiger partial charge in [0, 0.05) is 5.56 Å². The van der Waals surface area contributed by atoms with Crippen LogP contribution in [0.2, 0.25) is 0 Å². The number of benzene rings is 2. The van der Waals surface area contributed by atoms with E-state index in [1.54, 1.807) is 24.3 Å². The Labute approximate surface area is 132 Å². The van der Waals surface area contributed by atoms with E-state index >= 15 is 0 Å². The SMILES string of the molecule is O=C(C(=O)c1nc2ccccc2s1)c1ccc(C(F)(F)F)cc1. The van der Waals surface area contributed by atoms with Crippen molar-refractivity contribution in [2.75, 3.05) is 0 Å². The molecule has 0 N–H and O–H groups in total. The standard InChI is InChI=1S/C16H8F3NO2S/c17-16(18,19)10-7-5-9(6-8-10)13(21)14(22)15-20-11-3-1-2-4-12(11)23-15/h1-8H. The van der Waals surface area contributed by atoms with E-state index in [0.717, 1.165) is 40.3 Å². The number of carbonyl (C=O) groups is 2. The summed E-state index contributed by atoms with van der Waals surface area (Å²) in [5.74, 6) is -1.70. The predicted octanol–water partition coefficient (Wildman–Crippen LogP) is 4.38. The normalized spacial score (nSPS) is 11.6. The topological polar surface area (TPSA) is 47.0 Å². The zero-order valence-electron chi connectivity index (χ0n) is 11.4. The molecule has 0 aliphatic heterocycles. The van der Waals surface area contributed by atoms with Gasteiger partial charge in [-0.1, -0.05) is 24.3 Å². The summed E-state index contributed by atoms with van der Waals surface area (Å²) in [7, 11) is 0. The summed E-state index contributed by atoms with van der Waals surface area (Å²) in [5.41, 5.74) is -0.371. The van der Waals surface area contributed by atoms with Gasteiger partial charge in [0.05, 0.1) is 15.8 Å². The number of aromatic nitrogens is 1. The van der Waals surface area contributed by atoms with Crippen LogP contribution in [0.3, 0.4) is 0 Å². The van der Waals surface area contributed by atoms with Gasteiger partial charge in [0.25, 0.3) is 5.78 Å². The minimum absolute atomic E-state index is 0.0242. The average molecular weight is 335 g/mol. The minimum atomic E-state index is -4.49. The molecule has 116 valence electrons. The molecule has 0 unspecified atom stereocenters. The van der Waals surface area contributed by atoms with Crippen LogP contribution in [0.5, 0.6) is 0 Å². The second kappa shape index (κ2) is 5.58. The molecule has 0 amide bonds. The van der Waals surface area contributed by atoms with Gasteiger partial charge in [0.1, 0.15) is 0 Å². The van der Waals surface area contributed by atoms with Crippen molar-refractivity contribution >= 4 is 33.1 Å². The number of para-hydroxylation sites is 1. The van der Waals surface area contributed by atoms with Crippen molar-refractivity contribution in [2.24, 2.45) is 0 Å². The molecule has 0 atom stereocenters. The van der Waals surface area contributed by atoms with Gasteiger partial charge < -0.3 is 0 Å². The fraction of sp³-hybridized carbons (Fsp3) is 0.0625. The van der Waals surface area contributed by atoms with Crippen molar-refractivity contribution < 1.29 is 22.8 Å². The highest BCUT2D eigenvalue weighted by Crippen LogP contribution is 2.29. The van der Waals surface area contributed by atoms with E-state index in [2.05, 4.69) is 4.98 Å². The van der Waals surface area contributed by atoms with Crippen molar-refractivity contribution in [1.29, 1.82) is 0 Å². The lowest BCUT2D eigenvalue weighted by atomic mass is 10.1. The molecule has 1 heterocycles. The Morgan fingerprint density at radius 2 is 1.57 bits per heavy atom. The Balaban J connectivity index is 1.88. The largest absolute Gasteiger partial charge is 0.416 e. The number of ketones is 2. The van der Waals surface area contributed by atoms with E-state index in [9.17, 15) is 22.8 Å². The molecule has 0 saturated heterocycles. The lowest BCUT2D eigenvalue weighted by Crippen LogP contribution is -2.14. The van der Waals surface area contributed by atoms with E-state index in [0.29, 0.717) is 5.52 Å². The zero-order valence-corrected chi connectivity index (χ0v) is 12.2. The smallest absolute Gasteiger partial charge is 0.285 e. The van der Waals surface area contributed by atoms with Crippen molar-refractivity contribution in [1.82, 2.24) is 4.98 Å². The van der Waals surface area contributed by atoms with Crippen LogP contribution >= 0.6 is 11.3 Å². The van der Waals surface area contributed by atoms with Gasteiger partial charge in [-0.3, -0.25) is 9.59 Å². The van der Waals surface area contributed by atoms with E-state index < -0.39 is 23.3 Å². The summed E-state index contributed by atoms with van der Waals surface area (Å²) in [5, 5.41) is 0.0242. The molecule has 3 aromatic rings. The van der Waals surface area contributed by atoms with E-state index in [4.69, 9.17) is 0 Å². The van der Waals surface area contributed by atoms with Gasteiger partial charge in [-0.2, -0.15) is 13.2 Å². The summed E-state index contributed by atoms with van der Waals surface area (Å²) in [4.78, 5) is 28.4. The second-order valence-corrected chi connectivity index (χ2v) is 5.75. The molecule has 0 bridgehead atoms. The van der Waals surface area contributed by atoms with Crippen LogP contribution in [0.4, 0.5) is 13.2 Å². The molecule has 7 heteroatoms. The number of hydrogen-bond acceptors (Lipinski definition) is 4. The van der Waals surface area contributed by atoms with Gasteiger partial charge in [-0.15, -0.1) is 11.3 Å². The predicted molar refractivity (Wildman–Crippen MR) is 79.7 cm³/mol. The third-order valence-corrected chi connectivity index (χ3v) is 4.20. The quantitative estimate of drug-likeness (QED) is 0.527. The molecule has 0 spiro atoms. The first-order valence-corrected chi connectivity index (χ1v) is 7.30. The van der Waals surface area contributed by atoms with Gasteiger partial charge >= 0.3 is 6.18 Å². The number of halogens is 3. The third kappa shape index (κ3) is 3.00. The van der Waals surface area contributed by atoms with Crippen LogP contribution < -0.4 is 0 Å². The number of hydrogen-bond donors (Lipinski definition) is 0. The van der Waals surface area contributed by atoms with Crippen LogP contribution in [0.25, 0.3) is 10.2 Å². The van der Waals surface area contributed by atoms with Gasteiger partial charge in [0.15, 0.2) is 5.01 Å². The molecule has 1 aromatic heterocycles. The van der Waals surface area contributed by atoms with Crippen LogP contribution in [-0.2, 0) is 6.18 Å². The Morgan fingerprint density at radius 1 is 0.913 bits per heavy atom. The van der Waals surface area contributed by atoms with Gasteiger partial charge in [-0.25, -0.2) is 4.98 Å². The Morgan fingerprint density at radius 3 is 2.17 bits per heavy atom. The number of carbonyl (C=O) groups excluding carboxylic acids is 2. The maximum absolute atomic E-state index is 12.5. The second-order valence-electron chi connectivity index (χ2n) is 4.72. The molecular formula is C16H8F3NO2S. The van der Waals surface area contributed by atoms with E-state index in [1.165, 1.54) is 0 Å². The van der Waals surface area contributed by atoms with Crippen molar-refractivity contribution in [2.45, 2.75) is 6.18 Å². The van der Waals surface area contributed by atoms with Crippen molar-refractivity contribution in [3.05, 3.63) is 64.7 Å². The van der Waals surface area contributed by atoms with Crippen LogP contribution in [0.1, 0.15) is 25.7 Å². The maximum Gasteiger partial charge on any atom is 0.416 e. The summed E-state index contributed by atoms with van der Waals surface area (Å²) >= 11 is 1.07. The molecule has 0 fully saturated rings. The van der Waals surface area contributed by atoms with Crippen LogP contribution in [0.15, 0.2) is 48.5 Å². The molecule has 2 aromatic carbocycles. The fourth-order valence-electron chi connectivity index (χ4n) is 2.01. The number of thiazole rings is 1. The van der Waals surface area contributed by atoms with Gasteiger partial charge in [-0.05, 0) is 24.3 Å². The Bertz CT molecular complexity index is 865. The number of alkyl halides is 3. The summed E-state index contributed by atoms with van der Waals surface area (Å²) in [6, 6.07) is 10.6. The molecule has 0 aliphatic rings. The van der Waals surface area contributed by atoms with Gasteiger partial charge in [0.2, 0.25) is 5.78 Å². The number of nitrogens with zero attached hydrogens (tertiary/aromatic N) is 1. The summed E-state index contributed by atoms with van der Waals surface area (Å²) < 4.78 is 38.3. The molecular weight excluding hydrogens is 327 g/mol. The highest BCUT2D eigenvalue weighted by Gasteiger charge is 2.30. The Hall–Kier alpha value is -2.54. The molecule has 0 saturated carbocycles. The third-order valence-electron chi connectivity index (χ3n) is 3.17. The van der Waals surface area contributed by atoms with E-state index in [1.807, 2.05) is 0 Å². The average Bonchev–Trinajstić information content (AvgIpc) is 2.96. The highest BCUT2D eigenvalue weighted by molar-refractivity contribution is 7.21. The maximum atomic E-state index is 12.5. The van der Waals surface area contributed by atoms with Crippen LogP contribution in [0, 0.1) is 0 Å². The highest BCUT2D eigenvalue weighted by atomic mass is 32.1. The molecule has 3 rings (SSSR count). The molecule has 0 aliphatic carbocycles. The number of rotatable bonds is 3. The number of fused-ring (bicyclic) bond motifs is 1. The van der Waals surface area contributed by atoms with Crippen molar-refractivity contribution in [3.63, 3.8) is 0 Å². The molecule has 3 nitrogen and oxygen atoms in total. The summed E-state index contributed by atoms with van der Waals surface area (Å²) in [6.07, 6.45) is -4.49. The zero-order chi connectivity index (χ0) is 16.6. The lowest BCUT2D eigenvalue weighted by molar-refractivity contribution is -0.137. The minimum Gasteiger partial charge on any atom is -0.285 e.